The fraction of sp³-hybridized carbons (Fsp3) is 0.333. The van der Waals surface area contributed by atoms with Crippen LogP contribution in [0.2, 0.25) is 0 Å². The molecule has 1 saturated carbocycles. The topological polar surface area (TPSA) is 81.9 Å². The monoisotopic (exact) mass is 377 g/mol. The van der Waals surface area contributed by atoms with Crippen molar-refractivity contribution < 1.29 is 9.53 Å². The van der Waals surface area contributed by atoms with Crippen LogP contribution in [0.4, 0.5) is 0 Å². The molecule has 7 heteroatoms. The van der Waals surface area contributed by atoms with Gasteiger partial charge in [-0.15, -0.1) is 10.2 Å². The molecule has 1 aliphatic carbocycles. The Balaban J connectivity index is 1.46. The second kappa shape index (κ2) is 7.42. The summed E-state index contributed by atoms with van der Waals surface area (Å²) >= 11 is 0. The van der Waals surface area contributed by atoms with E-state index >= 15 is 0 Å². The molecule has 2 aromatic heterocycles. The molecule has 0 spiro atoms. The van der Waals surface area contributed by atoms with Crippen molar-refractivity contribution in [3.63, 3.8) is 0 Å². The number of hydrogen-bond acceptors (Lipinski definition) is 5. The average molecular weight is 377 g/mol. The van der Waals surface area contributed by atoms with Crippen LogP contribution < -0.4 is 10.1 Å². The van der Waals surface area contributed by atoms with Crippen molar-refractivity contribution in [1.29, 1.82) is 0 Å². The highest BCUT2D eigenvalue weighted by atomic mass is 16.5. The van der Waals surface area contributed by atoms with Crippen LogP contribution in [0.5, 0.6) is 5.88 Å². The Morgan fingerprint density at radius 1 is 1.18 bits per heavy atom. The van der Waals surface area contributed by atoms with E-state index < -0.39 is 0 Å². The molecule has 0 unspecified atom stereocenters. The Bertz CT molecular complexity index is 962. The van der Waals surface area contributed by atoms with Gasteiger partial charge in [0.1, 0.15) is 0 Å². The molecule has 0 saturated heterocycles. The number of aromatic nitrogens is 4. The minimum atomic E-state index is -0.121. The second-order valence-corrected chi connectivity index (χ2v) is 7.05. The largest absolute Gasteiger partial charge is 0.477 e. The van der Waals surface area contributed by atoms with E-state index in [0.29, 0.717) is 30.4 Å². The predicted octanol–water partition coefficient (Wildman–Crippen LogP) is 2.83. The lowest BCUT2D eigenvalue weighted by Gasteiger charge is -2.16. The minimum absolute atomic E-state index is 0.0708. The Kier molecular flexibility index (Phi) is 4.81. The predicted molar refractivity (Wildman–Crippen MR) is 105 cm³/mol. The molecule has 1 N–H and O–H groups in total. The lowest BCUT2D eigenvalue weighted by Crippen LogP contribution is -2.32. The van der Waals surface area contributed by atoms with Crippen molar-refractivity contribution in [2.75, 3.05) is 13.2 Å². The molecule has 1 fully saturated rings. The first-order valence-corrected chi connectivity index (χ1v) is 9.48. The summed E-state index contributed by atoms with van der Waals surface area (Å²) in [6, 6.07) is 13.9. The molecular formula is C21H23N5O2. The number of carbonyl (C=O) groups is 1. The minimum Gasteiger partial charge on any atom is -0.477 e. The molecule has 7 nitrogen and oxygen atoms in total. The standard InChI is InChI=1S/C21H23N5O2/c1-3-28-19-10-9-18(24-25-19)26-15(2)17(13-23-26)20(27)22-14-21(11-12-21)16-7-5-4-6-8-16/h4-10,13H,3,11-12,14H2,1-2H3,(H,22,27). The first-order valence-electron chi connectivity index (χ1n) is 9.48. The van der Waals surface area contributed by atoms with Crippen LogP contribution >= 0.6 is 0 Å². The third-order valence-corrected chi connectivity index (χ3v) is 5.22. The molecule has 144 valence electrons. The molecule has 1 amide bonds. The normalized spacial score (nSPS) is 14.5. The van der Waals surface area contributed by atoms with E-state index in [1.54, 1.807) is 23.0 Å². The molecule has 4 rings (SSSR count). The lowest BCUT2D eigenvalue weighted by atomic mass is 9.96. The van der Waals surface area contributed by atoms with Crippen LogP contribution in [0.3, 0.4) is 0 Å². The van der Waals surface area contributed by atoms with Gasteiger partial charge in [0.2, 0.25) is 5.88 Å². The summed E-state index contributed by atoms with van der Waals surface area (Å²) in [5, 5.41) is 15.5. The summed E-state index contributed by atoms with van der Waals surface area (Å²) < 4.78 is 6.92. The van der Waals surface area contributed by atoms with Crippen molar-refractivity contribution in [1.82, 2.24) is 25.3 Å². The molecule has 1 aromatic carbocycles. The van der Waals surface area contributed by atoms with Crippen molar-refractivity contribution >= 4 is 5.91 Å². The van der Waals surface area contributed by atoms with Crippen molar-refractivity contribution in [3.8, 4) is 11.7 Å². The number of rotatable bonds is 7. The van der Waals surface area contributed by atoms with Crippen LogP contribution in [-0.2, 0) is 5.41 Å². The van der Waals surface area contributed by atoms with E-state index in [9.17, 15) is 4.79 Å². The fourth-order valence-corrected chi connectivity index (χ4v) is 3.37. The first kappa shape index (κ1) is 18.2. The number of ether oxygens (including phenoxy) is 1. The summed E-state index contributed by atoms with van der Waals surface area (Å²) in [4.78, 5) is 12.7. The summed E-state index contributed by atoms with van der Waals surface area (Å²) in [5.41, 5.74) is 2.62. The molecule has 3 aromatic rings. The Morgan fingerprint density at radius 2 is 1.96 bits per heavy atom. The van der Waals surface area contributed by atoms with E-state index in [2.05, 4.69) is 32.7 Å². The molecule has 0 atom stereocenters. The van der Waals surface area contributed by atoms with E-state index in [-0.39, 0.29) is 11.3 Å². The van der Waals surface area contributed by atoms with Gasteiger partial charge >= 0.3 is 0 Å². The van der Waals surface area contributed by atoms with Gasteiger partial charge in [-0.3, -0.25) is 4.79 Å². The van der Waals surface area contributed by atoms with Crippen LogP contribution in [0, 0.1) is 6.92 Å². The molecule has 28 heavy (non-hydrogen) atoms. The van der Waals surface area contributed by atoms with E-state index in [1.807, 2.05) is 32.0 Å². The van der Waals surface area contributed by atoms with Gasteiger partial charge in [0.25, 0.3) is 5.91 Å². The quantitative estimate of drug-likeness (QED) is 0.685. The Hall–Kier alpha value is -3.22. The zero-order chi connectivity index (χ0) is 19.6. The summed E-state index contributed by atoms with van der Waals surface area (Å²) in [5.74, 6) is 0.887. The Labute approximate surface area is 163 Å². The van der Waals surface area contributed by atoms with E-state index in [1.165, 1.54) is 5.56 Å². The van der Waals surface area contributed by atoms with Crippen LogP contribution in [0.1, 0.15) is 41.4 Å². The number of hydrogen-bond donors (Lipinski definition) is 1. The maximum Gasteiger partial charge on any atom is 0.254 e. The SMILES string of the molecule is CCOc1ccc(-n2ncc(C(=O)NCC3(c4ccccc4)CC3)c2C)nn1. The van der Waals surface area contributed by atoms with Crippen LogP contribution in [0.25, 0.3) is 5.82 Å². The molecular weight excluding hydrogens is 354 g/mol. The van der Waals surface area contributed by atoms with Gasteiger partial charge in [-0.05, 0) is 38.3 Å². The molecule has 0 aliphatic heterocycles. The Morgan fingerprint density at radius 3 is 2.61 bits per heavy atom. The maximum atomic E-state index is 12.7. The zero-order valence-corrected chi connectivity index (χ0v) is 16.1. The fourth-order valence-electron chi connectivity index (χ4n) is 3.37. The van der Waals surface area contributed by atoms with E-state index in [0.717, 1.165) is 18.5 Å². The summed E-state index contributed by atoms with van der Waals surface area (Å²) in [7, 11) is 0. The van der Waals surface area contributed by atoms with Crippen molar-refractivity contribution in [2.24, 2.45) is 0 Å². The molecule has 0 bridgehead atoms. The van der Waals surface area contributed by atoms with Gasteiger partial charge in [0.05, 0.1) is 24.1 Å². The number of amides is 1. The lowest BCUT2D eigenvalue weighted by molar-refractivity contribution is 0.0949. The third-order valence-electron chi connectivity index (χ3n) is 5.22. The van der Waals surface area contributed by atoms with Gasteiger partial charge in [-0.25, -0.2) is 4.68 Å². The van der Waals surface area contributed by atoms with Crippen LogP contribution in [0.15, 0.2) is 48.7 Å². The number of nitrogens with one attached hydrogen (secondary N) is 1. The zero-order valence-electron chi connectivity index (χ0n) is 16.1. The van der Waals surface area contributed by atoms with Crippen LogP contribution in [-0.4, -0.2) is 39.0 Å². The summed E-state index contributed by atoms with van der Waals surface area (Å²) in [6.45, 7) is 4.90. The van der Waals surface area contributed by atoms with Gasteiger partial charge in [-0.2, -0.15) is 5.10 Å². The molecule has 2 heterocycles. The van der Waals surface area contributed by atoms with Gasteiger partial charge in [0.15, 0.2) is 5.82 Å². The van der Waals surface area contributed by atoms with Crippen molar-refractivity contribution in [2.45, 2.75) is 32.1 Å². The highest BCUT2D eigenvalue weighted by Gasteiger charge is 2.44. The number of carbonyl (C=O) groups excluding carboxylic acids is 1. The molecule has 0 radical (unpaired) electrons. The van der Waals surface area contributed by atoms with Gasteiger partial charge in [0, 0.05) is 18.0 Å². The smallest absolute Gasteiger partial charge is 0.254 e. The third kappa shape index (κ3) is 3.47. The number of nitrogens with zero attached hydrogens (tertiary/aromatic N) is 4. The van der Waals surface area contributed by atoms with E-state index in [4.69, 9.17) is 4.74 Å². The average Bonchev–Trinajstić information content (AvgIpc) is 3.43. The van der Waals surface area contributed by atoms with Gasteiger partial charge < -0.3 is 10.1 Å². The van der Waals surface area contributed by atoms with Crippen molar-refractivity contribution in [3.05, 3.63) is 65.5 Å². The second-order valence-electron chi connectivity index (χ2n) is 7.05. The molecule has 1 aliphatic rings. The highest BCUT2D eigenvalue weighted by Crippen LogP contribution is 2.47. The maximum absolute atomic E-state index is 12.7. The first-order chi connectivity index (χ1) is 13.6. The number of benzene rings is 1. The highest BCUT2D eigenvalue weighted by molar-refractivity contribution is 5.95. The van der Waals surface area contributed by atoms with Gasteiger partial charge in [-0.1, -0.05) is 30.3 Å². The summed E-state index contributed by atoms with van der Waals surface area (Å²) in [6.07, 6.45) is 3.76.